The standard InChI is InChI=1S/C10H15BrN2O2/c1-10(2,3)15-5-4-14-9-6-8(11)12-7-13-9/h6-7H,4-5H2,1-3H3. The molecule has 5 heteroatoms. The van der Waals surface area contributed by atoms with E-state index in [-0.39, 0.29) is 5.60 Å². The number of rotatable bonds is 4. The van der Waals surface area contributed by atoms with Gasteiger partial charge in [0, 0.05) is 6.07 Å². The fraction of sp³-hybridized carbons (Fsp3) is 0.600. The average molecular weight is 275 g/mol. The predicted molar refractivity (Wildman–Crippen MR) is 60.9 cm³/mol. The zero-order chi connectivity index (χ0) is 11.3. The lowest BCUT2D eigenvalue weighted by atomic mass is 10.2. The van der Waals surface area contributed by atoms with Crippen molar-refractivity contribution in [2.24, 2.45) is 0 Å². The minimum Gasteiger partial charge on any atom is -0.475 e. The molecule has 0 aromatic carbocycles. The topological polar surface area (TPSA) is 44.2 Å². The molecule has 0 bridgehead atoms. The SMILES string of the molecule is CC(C)(C)OCCOc1cc(Br)ncn1. The van der Waals surface area contributed by atoms with E-state index < -0.39 is 0 Å². The van der Waals surface area contributed by atoms with Crippen LogP contribution in [0.1, 0.15) is 20.8 Å². The van der Waals surface area contributed by atoms with Gasteiger partial charge in [0.25, 0.3) is 0 Å². The third kappa shape index (κ3) is 5.69. The Labute approximate surface area is 98.2 Å². The summed E-state index contributed by atoms with van der Waals surface area (Å²) in [4.78, 5) is 7.86. The fourth-order valence-electron chi connectivity index (χ4n) is 0.890. The highest BCUT2D eigenvalue weighted by Crippen LogP contribution is 2.12. The lowest BCUT2D eigenvalue weighted by Gasteiger charge is -2.19. The second-order valence-electron chi connectivity index (χ2n) is 3.99. The van der Waals surface area contributed by atoms with E-state index in [0.717, 1.165) is 0 Å². The Morgan fingerprint density at radius 1 is 1.27 bits per heavy atom. The van der Waals surface area contributed by atoms with Crippen molar-refractivity contribution in [2.75, 3.05) is 13.2 Å². The third-order valence-electron chi connectivity index (χ3n) is 1.48. The Kier molecular flexibility index (Phi) is 4.47. The van der Waals surface area contributed by atoms with Crippen LogP contribution >= 0.6 is 15.9 Å². The molecule has 1 aromatic rings. The zero-order valence-electron chi connectivity index (χ0n) is 9.16. The lowest BCUT2D eigenvalue weighted by molar-refractivity contribution is -0.0168. The van der Waals surface area contributed by atoms with Gasteiger partial charge in [-0.1, -0.05) is 0 Å². The van der Waals surface area contributed by atoms with Gasteiger partial charge in [-0.25, -0.2) is 9.97 Å². The molecule has 84 valence electrons. The number of ether oxygens (including phenoxy) is 2. The Morgan fingerprint density at radius 3 is 2.60 bits per heavy atom. The van der Waals surface area contributed by atoms with Gasteiger partial charge in [0.15, 0.2) is 0 Å². The van der Waals surface area contributed by atoms with Crippen molar-refractivity contribution < 1.29 is 9.47 Å². The minimum atomic E-state index is -0.129. The summed E-state index contributed by atoms with van der Waals surface area (Å²) in [6, 6.07) is 1.72. The van der Waals surface area contributed by atoms with Crippen LogP contribution in [0.15, 0.2) is 17.0 Å². The molecule has 0 fully saturated rings. The molecule has 0 amide bonds. The van der Waals surface area contributed by atoms with Crippen LogP contribution in [0.25, 0.3) is 0 Å². The van der Waals surface area contributed by atoms with Crippen LogP contribution in [0.2, 0.25) is 0 Å². The number of hydrogen-bond acceptors (Lipinski definition) is 4. The Balaban J connectivity index is 2.26. The van der Waals surface area contributed by atoms with Crippen molar-refractivity contribution in [1.29, 1.82) is 0 Å². The predicted octanol–water partition coefficient (Wildman–Crippen LogP) is 2.43. The quantitative estimate of drug-likeness (QED) is 0.625. The molecule has 0 saturated carbocycles. The summed E-state index contributed by atoms with van der Waals surface area (Å²) >= 11 is 3.24. The second kappa shape index (κ2) is 5.42. The first-order valence-corrected chi connectivity index (χ1v) is 5.51. The monoisotopic (exact) mass is 274 g/mol. The van der Waals surface area contributed by atoms with Crippen LogP contribution < -0.4 is 4.74 Å². The molecule has 15 heavy (non-hydrogen) atoms. The molecule has 0 aliphatic rings. The summed E-state index contributed by atoms with van der Waals surface area (Å²) in [6.45, 7) is 7.06. The van der Waals surface area contributed by atoms with E-state index in [2.05, 4.69) is 25.9 Å². The van der Waals surface area contributed by atoms with Crippen LogP contribution in [0.4, 0.5) is 0 Å². The van der Waals surface area contributed by atoms with Crippen molar-refractivity contribution in [3.63, 3.8) is 0 Å². The van der Waals surface area contributed by atoms with Crippen molar-refractivity contribution in [1.82, 2.24) is 9.97 Å². The molecule has 0 unspecified atom stereocenters. The summed E-state index contributed by atoms with van der Waals surface area (Å²) in [6.07, 6.45) is 1.45. The van der Waals surface area contributed by atoms with E-state index in [1.165, 1.54) is 6.33 Å². The van der Waals surface area contributed by atoms with E-state index in [9.17, 15) is 0 Å². The molecule has 1 heterocycles. The van der Waals surface area contributed by atoms with E-state index in [1.807, 2.05) is 20.8 Å². The first kappa shape index (κ1) is 12.4. The third-order valence-corrected chi connectivity index (χ3v) is 1.91. The van der Waals surface area contributed by atoms with Gasteiger partial charge in [-0.3, -0.25) is 0 Å². The minimum absolute atomic E-state index is 0.129. The van der Waals surface area contributed by atoms with Crippen LogP contribution in [-0.4, -0.2) is 28.8 Å². The average Bonchev–Trinajstić information content (AvgIpc) is 2.11. The van der Waals surface area contributed by atoms with Gasteiger partial charge < -0.3 is 9.47 Å². The van der Waals surface area contributed by atoms with E-state index in [4.69, 9.17) is 9.47 Å². The van der Waals surface area contributed by atoms with Gasteiger partial charge >= 0.3 is 0 Å². The van der Waals surface area contributed by atoms with Gasteiger partial charge in [-0.05, 0) is 36.7 Å². The van der Waals surface area contributed by atoms with Gasteiger partial charge in [-0.15, -0.1) is 0 Å². The number of nitrogens with zero attached hydrogens (tertiary/aromatic N) is 2. The summed E-state index contributed by atoms with van der Waals surface area (Å²) in [5.41, 5.74) is -0.129. The van der Waals surface area contributed by atoms with Gasteiger partial charge in [-0.2, -0.15) is 0 Å². The number of aromatic nitrogens is 2. The summed E-state index contributed by atoms with van der Waals surface area (Å²) in [5, 5.41) is 0. The summed E-state index contributed by atoms with van der Waals surface area (Å²) in [5.74, 6) is 0.550. The molecular weight excluding hydrogens is 260 g/mol. The fourth-order valence-corrected chi connectivity index (χ4v) is 1.18. The molecule has 0 radical (unpaired) electrons. The van der Waals surface area contributed by atoms with Crippen molar-refractivity contribution in [3.05, 3.63) is 17.0 Å². The van der Waals surface area contributed by atoms with Crippen molar-refractivity contribution in [2.45, 2.75) is 26.4 Å². The molecule has 0 atom stereocenters. The molecule has 0 saturated heterocycles. The first-order chi connectivity index (χ1) is 6.97. The maximum atomic E-state index is 5.50. The normalized spacial score (nSPS) is 11.5. The number of halogens is 1. The summed E-state index contributed by atoms with van der Waals surface area (Å²) < 4.78 is 11.6. The van der Waals surface area contributed by atoms with E-state index in [0.29, 0.717) is 23.7 Å². The lowest BCUT2D eigenvalue weighted by Crippen LogP contribution is -2.22. The smallest absolute Gasteiger partial charge is 0.217 e. The van der Waals surface area contributed by atoms with Crippen LogP contribution in [0, 0.1) is 0 Å². The molecule has 4 nitrogen and oxygen atoms in total. The van der Waals surface area contributed by atoms with Crippen LogP contribution in [0.3, 0.4) is 0 Å². The Morgan fingerprint density at radius 2 is 2.00 bits per heavy atom. The molecule has 0 aliphatic heterocycles. The maximum Gasteiger partial charge on any atom is 0.217 e. The highest BCUT2D eigenvalue weighted by molar-refractivity contribution is 9.10. The molecule has 0 spiro atoms. The van der Waals surface area contributed by atoms with Gasteiger partial charge in [0.1, 0.15) is 17.5 Å². The van der Waals surface area contributed by atoms with Crippen LogP contribution in [0.5, 0.6) is 5.88 Å². The Bertz CT molecular complexity index is 313. The van der Waals surface area contributed by atoms with E-state index >= 15 is 0 Å². The molecule has 0 N–H and O–H groups in total. The van der Waals surface area contributed by atoms with Gasteiger partial charge in [0.05, 0.1) is 12.2 Å². The number of hydrogen-bond donors (Lipinski definition) is 0. The highest BCUT2D eigenvalue weighted by atomic mass is 79.9. The summed E-state index contributed by atoms with van der Waals surface area (Å²) in [7, 11) is 0. The second-order valence-corrected chi connectivity index (χ2v) is 4.80. The van der Waals surface area contributed by atoms with E-state index in [1.54, 1.807) is 6.07 Å². The maximum absolute atomic E-state index is 5.50. The van der Waals surface area contributed by atoms with Gasteiger partial charge in [0.2, 0.25) is 5.88 Å². The Hall–Kier alpha value is -0.680. The first-order valence-electron chi connectivity index (χ1n) is 4.72. The molecule has 1 rings (SSSR count). The van der Waals surface area contributed by atoms with Crippen LogP contribution in [-0.2, 0) is 4.74 Å². The van der Waals surface area contributed by atoms with Crippen molar-refractivity contribution >= 4 is 15.9 Å². The highest BCUT2D eigenvalue weighted by Gasteiger charge is 2.09. The molecule has 1 aromatic heterocycles. The molecular formula is C10H15BrN2O2. The van der Waals surface area contributed by atoms with Crippen molar-refractivity contribution in [3.8, 4) is 5.88 Å². The largest absolute Gasteiger partial charge is 0.475 e. The molecule has 0 aliphatic carbocycles. The zero-order valence-corrected chi connectivity index (χ0v) is 10.7.